The van der Waals surface area contributed by atoms with E-state index in [2.05, 4.69) is 25.7 Å². The Hall–Kier alpha value is -0.750. The minimum Gasteiger partial charge on any atom is -0.480 e. The third kappa shape index (κ3) is 7.75. The van der Waals surface area contributed by atoms with Gasteiger partial charge in [-0.25, -0.2) is 4.79 Å². The summed E-state index contributed by atoms with van der Waals surface area (Å²) < 4.78 is 0. The molecular formula is C14H26O5S. The maximum absolute atomic E-state index is 11.0. The number of unbranched alkanes of at least 4 members (excludes halogenated alkanes) is 1. The van der Waals surface area contributed by atoms with Gasteiger partial charge < -0.3 is 9.99 Å². The number of carboxylic acids is 1. The van der Waals surface area contributed by atoms with E-state index in [4.69, 9.17) is 10.4 Å². The maximum Gasteiger partial charge on any atom is 0.343 e. The van der Waals surface area contributed by atoms with Gasteiger partial charge in [0.1, 0.15) is 5.25 Å². The number of hydrogen-bond donors (Lipinski definition) is 2. The summed E-state index contributed by atoms with van der Waals surface area (Å²) in [6.45, 7) is 6.66. The van der Waals surface area contributed by atoms with Gasteiger partial charge in [0.15, 0.2) is 0 Å². The van der Waals surface area contributed by atoms with Crippen molar-refractivity contribution in [3.8, 4) is 0 Å². The number of aliphatic carboxylic acids is 1. The standard InChI is InChI=1S/C14H26O5S/c1-4-14(3,5-2)8-6-7-9-20-11(13(16)17)10-12(15)19-18/h11,18H,4-10H2,1-3H3,(H,16,17). The van der Waals surface area contributed by atoms with E-state index in [0.29, 0.717) is 11.2 Å². The van der Waals surface area contributed by atoms with Gasteiger partial charge in [-0.05, 0) is 24.0 Å². The Bertz CT molecular complexity index is 302. The van der Waals surface area contributed by atoms with Crippen LogP contribution in [0.25, 0.3) is 0 Å². The van der Waals surface area contributed by atoms with Crippen LogP contribution in [0.3, 0.4) is 0 Å². The number of carboxylic acid groups (broad SMARTS) is 1. The van der Waals surface area contributed by atoms with Crippen LogP contribution in [-0.2, 0) is 14.5 Å². The average molecular weight is 306 g/mol. The zero-order chi connectivity index (χ0) is 15.6. The fourth-order valence-corrected chi connectivity index (χ4v) is 2.94. The highest BCUT2D eigenvalue weighted by molar-refractivity contribution is 8.00. The minimum atomic E-state index is -1.05. The van der Waals surface area contributed by atoms with Crippen molar-refractivity contribution >= 4 is 23.7 Å². The van der Waals surface area contributed by atoms with E-state index in [1.165, 1.54) is 11.8 Å². The first kappa shape index (κ1) is 19.2. The van der Waals surface area contributed by atoms with Gasteiger partial charge in [-0.2, -0.15) is 5.26 Å². The molecule has 0 aromatic heterocycles. The fourth-order valence-electron chi connectivity index (χ4n) is 1.89. The fraction of sp³-hybridized carbons (Fsp3) is 0.857. The number of carbonyl (C=O) groups is 2. The van der Waals surface area contributed by atoms with Crippen molar-refractivity contribution in [1.29, 1.82) is 0 Å². The van der Waals surface area contributed by atoms with Crippen LogP contribution in [0.2, 0.25) is 0 Å². The summed E-state index contributed by atoms with van der Waals surface area (Å²) in [5.74, 6) is -1.26. The second-order valence-electron chi connectivity index (χ2n) is 5.34. The Labute approximate surface area is 125 Å². The SMILES string of the molecule is CCC(C)(CC)CCCCSC(CC(=O)OO)C(=O)O. The lowest BCUT2D eigenvalue weighted by molar-refractivity contribution is -0.234. The van der Waals surface area contributed by atoms with E-state index in [-0.39, 0.29) is 6.42 Å². The lowest BCUT2D eigenvalue weighted by Gasteiger charge is -2.26. The predicted octanol–water partition coefficient (Wildman–Crippen LogP) is 3.58. The molecule has 0 aliphatic rings. The summed E-state index contributed by atoms with van der Waals surface area (Å²) >= 11 is 1.23. The predicted molar refractivity (Wildman–Crippen MR) is 79.8 cm³/mol. The van der Waals surface area contributed by atoms with Crippen molar-refractivity contribution in [2.75, 3.05) is 5.75 Å². The van der Waals surface area contributed by atoms with E-state index in [1.54, 1.807) is 0 Å². The monoisotopic (exact) mass is 306 g/mol. The van der Waals surface area contributed by atoms with E-state index in [1.807, 2.05) is 0 Å². The molecule has 0 saturated carbocycles. The van der Waals surface area contributed by atoms with Crippen LogP contribution in [0, 0.1) is 5.41 Å². The van der Waals surface area contributed by atoms with Gasteiger partial charge in [-0.15, -0.1) is 11.8 Å². The molecule has 0 aromatic rings. The van der Waals surface area contributed by atoms with Gasteiger partial charge in [-0.1, -0.05) is 40.0 Å². The Balaban J connectivity index is 3.96. The molecule has 0 bridgehead atoms. The number of hydrogen-bond acceptors (Lipinski definition) is 5. The molecule has 0 saturated heterocycles. The first-order valence-corrected chi connectivity index (χ1v) is 8.12. The normalized spacial score (nSPS) is 13.0. The summed E-state index contributed by atoms with van der Waals surface area (Å²) in [5, 5.41) is 16.3. The van der Waals surface area contributed by atoms with E-state index < -0.39 is 17.2 Å². The topological polar surface area (TPSA) is 83.8 Å². The average Bonchev–Trinajstić information content (AvgIpc) is 2.44. The van der Waals surface area contributed by atoms with Crippen molar-refractivity contribution in [3.05, 3.63) is 0 Å². The molecule has 0 fully saturated rings. The molecule has 0 radical (unpaired) electrons. The highest BCUT2D eigenvalue weighted by Gasteiger charge is 2.23. The summed E-state index contributed by atoms with van der Waals surface area (Å²) in [4.78, 5) is 25.3. The van der Waals surface area contributed by atoms with Crippen molar-refractivity contribution in [3.63, 3.8) is 0 Å². The first-order chi connectivity index (χ1) is 9.38. The molecule has 0 rings (SSSR count). The molecule has 2 N–H and O–H groups in total. The number of rotatable bonds is 11. The van der Waals surface area contributed by atoms with Gasteiger partial charge in [0.25, 0.3) is 0 Å². The van der Waals surface area contributed by atoms with Gasteiger partial charge in [0.05, 0.1) is 6.42 Å². The van der Waals surface area contributed by atoms with Crippen molar-refractivity contribution < 1.29 is 24.8 Å². The quantitative estimate of drug-likeness (QED) is 0.345. The molecule has 6 heteroatoms. The van der Waals surface area contributed by atoms with Gasteiger partial charge in [-0.3, -0.25) is 4.79 Å². The van der Waals surface area contributed by atoms with E-state index >= 15 is 0 Å². The van der Waals surface area contributed by atoms with Crippen LogP contribution in [0.15, 0.2) is 0 Å². The molecular weight excluding hydrogens is 280 g/mol. The third-order valence-corrected chi connectivity index (χ3v) is 5.23. The lowest BCUT2D eigenvalue weighted by Crippen LogP contribution is -2.21. The van der Waals surface area contributed by atoms with Crippen molar-refractivity contribution in [1.82, 2.24) is 0 Å². The molecule has 5 nitrogen and oxygen atoms in total. The van der Waals surface area contributed by atoms with Crippen LogP contribution < -0.4 is 0 Å². The molecule has 20 heavy (non-hydrogen) atoms. The third-order valence-electron chi connectivity index (χ3n) is 3.93. The molecule has 0 heterocycles. The van der Waals surface area contributed by atoms with Crippen LogP contribution in [0.1, 0.15) is 59.3 Å². The maximum atomic E-state index is 11.0. The van der Waals surface area contributed by atoms with Crippen LogP contribution in [0.5, 0.6) is 0 Å². The summed E-state index contributed by atoms with van der Waals surface area (Å²) in [6.07, 6.45) is 5.11. The molecule has 118 valence electrons. The summed E-state index contributed by atoms with van der Waals surface area (Å²) in [6, 6.07) is 0. The summed E-state index contributed by atoms with van der Waals surface area (Å²) in [5.41, 5.74) is 0.373. The smallest absolute Gasteiger partial charge is 0.343 e. The molecule has 0 aliphatic carbocycles. The van der Waals surface area contributed by atoms with Crippen LogP contribution >= 0.6 is 11.8 Å². The second kappa shape index (κ2) is 10.0. The van der Waals surface area contributed by atoms with E-state index in [0.717, 1.165) is 32.1 Å². The zero-order valence-electron chi connectivity index (χ0n) is 12.6. The minimum absolute atomic E-state index is 0.307. The Morgan fingerprint density at radius 1 is 1.25 bits per heavy atom. The Morgan fingerprint density at radius 2 is 1.85 bits per heavy atom. The lowest BCUT2D eigenvalue weighted by atomic mass is 9.80. The second-order valence-corrected chi connectivity index (χ2v) is 6.65. The molecule has 0 aliphatic heterocycles. The van der Waals surface area contributed by atoms with E-state index in [9.17, 15) is 9.59 Å². The number of thioether (sulfide) groups is 1. The first-order valence-electron chi connectivity index (χ1n) is 7.07. The Morgan fingerprint density at radius 3 is 2.30 bits per heavy atom. The molecule has 1 atom stereocenters. The van der Waals surface area contributed by atoms with Gasteiger partial charge >= 0.3 is 11.9 Å². The van der Waals surface area contributed by atoms with Crippen molar-refractivity contribution in [2.24, 2.45) is 5.41 Å². The number of carbonyl (C=O) groups excluding carboxylic acids is 1. The van der Waals surface area contributed by atoms with Gasteiger partial charge in [0, 0.05) is 0 Å². The van der Waals surface area contributed by atoms with Crippen LogP contribution in [-0.4, -0.2) is 33.3 Å². The summed E-state index contributed by atoms with van der Waals surface area (Å²) in [7, 11) is 0. The highest BCUT2D eigenvalue weighted by Crippen LogP contribution is 2.32. The van der Waals surface area contributed by atoms with Crippen LogP contribution in [0.4, 0.5) is 0 Å². The molecule has 1 unspecified atom stereocenters. The molecule has 0 aromatic carbocycles. The molecule has 0 amide bonds. The molecule has 0 spiro atoms. The Kier molecular flexibility index (Phi) is 9.67. The van der Waals surface area contributed by atoms with Gasteiger partial charge in [0.2, 0.25) is 0 Å². The van der Waals surface area contributed by atoms with Crippen molar-refractivity contribution in [2.45, 2.75) is 64.5 Å². The zero-order valence-corrected chi connectivity index (χ0v) is 13.4. The highest BCUT2D eigenvalue weighted by atomic mass is 32.2. The largest absolute Gasteiger partial charge is 0.480 e.